The average Bonchev–Trinajstić information content (AvgIpc) is 3.17. The molecule has 1 aromatic heterocycles. The molecule has 0 aliphatic heterocycles. The highest BCUT2D eigenvalue weighted by atomic mass is 32.1. The lowest BCUT2D eigenvalue weighted by atomic mass is 10.2. The molecule has 0 radical (unpaired) electrons. The summed E-state index contributed by atoms with van der Waals surface area (Å²) < 4.78 is 15.7. The van der Waals surface area contributed by atoms with Gasteiger partial charge in [0.15, 0.2) is 18.1 Å². The predicted molar refractivity (Wildman–Crippen MR) is 100 cm³/mol. The number of carbonyl (C=O) groups is 2. The summed E-state index contributed by atoms with van der Waals surface area (Å²) in [4.78, 5) is 25.0. The normalized spacial score (nSPS) is 10.0. The zero-order valence-electron chi connectivity index (χ0n) is 14.5. The van der Waals surface area contributed by atoms with Crippen LogP contribution in [0.5, 0.6) is 11.5 Å². The van der Waals surface area contributed by atoms with Crippen molar-refractivity contribution in [3.63, 3.8) is 0 Å². The van der Waals surface area contributed by atoms with Gasteiger partial charge in [-0.2, -0.15) is 0 Å². The highest BCUT2D eigenvalue weighted by Crippen LogP contribution is 2.28. The number of rotatable bonds is 10. The van der Waals surface area contributed by atoms with Crippen LogP contribution in [0.1, 0.15) is 15.2 Å². The lowest BCUT2D eigenvalue weighted by molar-refractivity contribution is -0.124. The maximum absolute atomic E-state index is 12.1. The minimum absolute atomic E-state index is 0.277. The molecule has 1 N–H and O–H groups in total. The third-order valence-corrected chi connectivity index (χ3v) is 4.30. The van der Waals surface area contributed by atoms with Crippen molar-refractivity contribution in [3.8, 4) is 11.5 Å². The van der Waals surface area contributed by atoms with Crippen LogP contribution >= 0.6 is 11.3 Å². The van der Waals surface area contributed by atoms with Gasteiger partial charge >= 0.3 is 5.97 Å². The molecule has 1 heterocycles. The standard InChI is InChI=1S/C19H21NO5S/c1-3-10-24-16-7-6-14(12-17(16)23-2)19(22)25-13-18(21)20-9-8-15-5-4-11-26-15/h3-7,11-12H,1,8-10,13H2,2H3,(H,20,21). The first-order valence-corrected chi connectivity index (χ1v) is 8.90. The number of benzene rings is 1. The molecule has 0 saturated carbocycles. The molecular weight excluding hydrogens is 354 g/mol. The minimum atomic E-state index is -0.605. The molecule has 7 heteroatoms. The summed E-state index contributed by atoms with van der Waals surface area (Å²) in [5, 5.41) is 4.71. The van der Waals surface area contributed by atoms with Gasteiger partial charge in [0.25, 0.3) is 5.91 Å². The maximum atomic E-state index is 12.1. The van der Waals surface area contributed by atoms with E-state index in [0.717, 1.165) is 6.42 Å². The second-order valence-corrected chi connectivity index (χ2v) is 6.25. The van der Waals surface area contributed by atoms with Crippen LogP contribution in [0.15, 0.2) is 48.4 Å². The highest BCUT2D eigenvalue weighted by Gasteiger charge is 2.14. The van der Waals surface area contributed by atoms with Gasteiger partial charge in [-0.3, -0.25) is 4.79 Å². The molecule has 0 saturated heterocycles. The molecule has 0 unspecified atom stereocenters. The summed E-state index contributed by atoms with van der Waals surface area (Å²) in [6.45, 7) is 4.07. The number of ether oxygens (including phenoxy) is 3. The first kappa shape index (κ1) is 19.5. The fourth-order valence-electron chi connectivity index (χ4n) is 2.11. The van der Waals surface area contributed by atoms with E-state index in [0.29, 0.717) is 24.7 Å². The summed E-state index contributed by atoms with van der Waals surface area (Å²) in [7, 11) is 1.48. The van der Waals surface area contributed by atoms with Crippen molar-refractivity contribution < 1.29 is 23.8 Å². The first-order chi connectivity index (χ1) is 12.6. The molecule has 6 nitrogen and oxygen atoms in total. The van der Waals surface area contributed by atoms with E-state index in [9.17, 15) is 9.59 Å². The summed E-state index contributed by atoms with van der Waals surface area (Å²) in [5.74, 6) is -0.0447. The summed E-state index contributed by atoms with van der Waals surface area (Å²) >= 11 is 1.64. The number of amides is 1. The Balaban J connectivity index is 1.80. The van der Waals surface area contributed by atoms with Crippen molar-refractivity contribution in [2.24, 2.45) is 0 Å². The quantitative estimate of drug-likeness (QED) is 0.511. The average molecular weight is 375 g/mol. The molecule has 1 amide bonds. The number of methoxy groups -OCH3 is 1. The van der Waals surface area contributed by atoms with Gasteiger partial charge in [0.2, 0.25) is 0 Å². The first-order valence-electron chi connectivity index (χ1n) is 8.02. The zero-order valence-corrected chi connectivity index (χ0v) is 15.3. The molecule has 138 valence electrons. The lowest BCUT2D eigenvalue weighted by Crippen LogP contribution is -2.30. The Morgan fingerprint density at radius 1 is 1.27 bits per heavy atom. The second kappa shape index (κ2) is 10.2. The molecule has 26 heavy (non-hydrogen) atoms. The van der Waals surface area contributed by atoms with E-state index in [1.165, 1.54) is 18.1 Å². The van der Waals surface area contributed by atoms with Crippen molar-refractivity contribution in [2.75, 3.05) is 26.9 Å². The molecule has 0 bridgehead atoms. The van der Waals surface area contributed by atoms with Crippen LogP contribution in [-0.2, 0) is 16.0 Å². The maximum Gasteiger partial charge on any atom is 0.338 e. The largest absolute Gasteiger partial charge is 0.493 e. The highest BCUT2D eigenvalue weighted by molar-refractivity contribution is 7.09. The topological polar surface area (TPSA) is 73.9 Å². The number of thiophene rings is 1. The Morgan fingerprint density at radius 2 is 2.12 bits per heavy atom. The van der Waals surface area contributed by atoms with Crippen molar-refractivity contribution in [2.45, 2.75) is 6.42 Å². The Kier molecular flexibility index (Phi) is 7.70. The molecule has 0 atom stereocenters. The van der Waals surface area contributed by atoms with Gasteiger partial charge in [0.05, 0.1) is 12.7 Å². The van der Waals surface area contributed by atoms with Crippen LogP contribution in [0.25, 0.3) is 0 Å². The Labute approximate surface area is 156 Å². The molecule has 0 spiro atoms. The number of nitrogens with one attached hydrogen (secondary N) is 1. The van der Waals surface area contributed by atoms with E-state index in [2.05, 4.69) is 11.9 Å². The minimum Gasteiger partial charge on any atom is -0.493 e. The molecule has 0 fully saturated rings. The van der Waals surface area contributed by atoms with E-state index in [-0.39, 0.29) is 18.1 Å². The van der Waals surface area contributed by atoms with E-state index in [1.54, 1.807) is 29.5 Å². The van der Waals surface area contributed by atoms with Crippen LogP contribution < -0.4 is 14.8 Å². The molecule has 2 aromatic rings. The molecule has 1 aromatic carbocycles. The van der Waals surface area contributed by atoms with Crippen molar-refractivity contribution in [1.82, 2.24) is 5.32 Å². The lowest BCUT2D eigenvalue weighted by Gasteiger charge is -2.11. The molecule has 0 aliphatic carbocycles. The monoisotopic (exact) mass is 375 g/mol. The third-order valence-electron chi connectivity index (χ3n) is 3.36. The molecular formula is C19H21NO5S. The predicted octanol–water partition coefficient (Wildman–Crippen LogP) is 2.84. The van der Waals surface area contributed by atoms with E-state index in [4.69, 9.17) is 14.2 Å². The van der Waals surface area contributed by atoms with Crippen molar-refractivity contribution in [1.29, 1.82) is 0 Å². The van der Waals surface area contributed by atoms with Crippen molar-refractivity contribution >= 4 is 23.2 Å². The summed E-state index contributed by atoms with van der Waals surface area (Å²) in [5.41, 5.74) is 0.277. The number of hydrogen-bond donors (Lipinski definition) is 1. The van der Waals surface area contributed by atoms with Crippen LogP contribution in [-0.4, -0.2) is 38.7 Å². The fourth-order valence-corrected chi connectivity index (χ4v) is 2.82. The zero-order chi connectivity index (χ0) is 18.8. The smallest absolute Gasteiger partial charge is 0.338 e. The van der Waals surface area contributed by atoms with E-state index >= 15 is 0 Å². The van der Waals surface area contributed by atoms with Crippen LogP contribution in [0, 0.1) is 0 Å². The Morgan fingerprint density at radius 3 is 2.81 bits per heavy atom. The van der Waals surface area contributed by atoms with Gasteiger partial charge in [0.1, 0.15) is 6.61 Å². The van der Waals surface area contributed by atoms with Gasteiger partial charge in [-0.15, -0.1) is 11.3 Å². The van der Waals surface area contributed by atoms with Gasteiger partial charge in [-0.1, -0.05) is 18.7 Å². The second-order valence-electron chi connectivity index (χ2n) is 5.22. The Hall–Kier alpha value is -2.80. The van der Waals surface area contributed by atoms with E-state index < -0.39 is 5.97 Å². The number of hydrogen-bond acceptors (Lipinski definition) is 6. The third kappa shape index (κ3) is 5.93. The van der Waals surface area contributed by atoms with Crippen LogP contribution in [0.3, 0.4) is 0 Å². The fraction of sp³-hybridized carbons (Fsp3) is 0.263. The summed E-state index contributed by atoms with van der Waals surface area (Å²) in [6, 6.07) is 8.64. The van der Waals surface area contributed by atoms with E-state index in [1.807, 2.05) is 17.5 Å². The number of esters is 1. The summed E-state index contributed by atoms with van der Waals surface area (Å²) in [6.07, 6.45) is 2.36. The molecule has 0 aliphatic rings. The SMILES string of the molecule is C=CCOc1ccc(C(=O)OCC(=O)NCCc2cccs2)cc1OC. The van der Waals surface area contributed by atoms with Gasteiger partial charge in [-0.05, 0) is 36.1 Å². The van der Waals surface area contributed by atoms with Crippen LogP contribution in [0.4, 0.5) is 0 Å². The number of carbonyl (C=O) groups excluding carboxylic acids is 2. The Bertz CT molecular complexity index is 742. The van der Waals surface area contributed by atoms with Crippen molar-refractivity contribution in [3.05, 3.63) is 58.8 Å². The van der Waals surface area contributed by atoms with Crippen LogP contribution in [0.2, 0.25) is 0 Å². The van der Waals surface area contributed by atoms with Gasteiger partial charge in [0, 0.05) is 11.4 Å². The van der Waals surface area contributed by atoms with Gasteiger partial charge in [-0.25, -0.2) is 4.79 Å². The molecule has 2 rings (SSSR count). The van der Waals surface area contributed by atoms with Gasteiger partial charge < -0.3 is 19.5 Å².